The highest BCUT2D eigenvalue weighted by atomic mass is 19.4. The summed E-state index contributed by atoms with van der Waals surface area (Å²) in [4.78, 5) is 13.9. The summed E-state index contributed by atoms with van der Waals surface area (Å²) in [5, 5.41) is 3.26. The van der Waals surface area contributed by atoms with Gasteiger partial charge in [-0.25, -0.2) is 0 Å². The fraction of sp³-hybridized carbons (Fsp3) is 0.929. The highest BCUT2D eigenvalue weighted by Crippen LogP contribution is 2.25. The van der Waals surface area contributed by atoms with E-state index >= 15 is 0 Å². The van der Waals surface area contributed by atoms with Gasteiger partial charge < -0.3 is 4.90 Å². The molecule has 1 fully saturated rings. The molecule has 6 heteroatoms. The van der Waals surface area contributed by atoms with Crippen LogP contribution in [0.5, 0.6) is 0 Å². The standard InChI is InChI=1S/C14H25F3N2O/c1-9(2)8-11-18-12(10(3)4)13(20)19(11)7-5-6-14(15,16)17/h9-12,18H,5-8H2,1-4H3. The molecule has 0 aromatic carbocycles. The highest BCUT2D eigenvalue weighted by Gasteiger charge is 2.40. The molecule has 0 aromatic rings. The lowest BCUT2D eigenvalue weighted by Crippen LogP contribution is -2.39. The number of amides is 1. The third kappa shape index (κ3) is 4.96. The Kier molecular flexibility index (Phi) is 5.86. The maximum absolute atomic E-state index is 12.3. The second-order valence-corrected chi connectivity index (χ2v) is 6.28. The molecule has 118 valence electrons. The lowest BCUT2D eigenvalue weighted by atomic mass is 10.0. The van der Waals surface area contributed by atoms with Crippen LogP contribution in [0.25, 0.3) is 0 Å². The molecule has 0 aromatic heterocycles. The first-order chi connectivity index (χ1) is 9.11. The van der Waals surface area contributed by atoms with E-state index in [0.717, 1.165) is 6.42 Å². The Morgan fingerprint density at radius 2 is 1.85 bits per heavy atom. The number of carbonyl (C=O) groups is 1. The first-order valence-electron chi connectivity index (χ1n) is 7.25. The van der Waals surface area contributed by atoms with Crippen LogP contribution in [-0.2, 0) is 4.79 Å². The summed E-state index contributed by atoms with van der Waals surface area (Å²) in [6.07, 6.45) is -4.39. The Labute approximate surface area is 118 Å². The molecule has 1 N–H and O–H groups in total. The molecule has 1 saturated heterocycles. The monoisotopic (exact) mass is 294 g/mol. The van der Waals surface area contributed by atoms with Crippen LogP contribution in [0.15, 0.2) is 0 Å². The number of nitrogens with one attached hydrogen (secondary N) is 1. The number of rotatable bonds is 6. The fourth-order valence-corrected chi connectivity index (χ4v) is 2.54. The predicted octanol–water partition coefficient (Wildman–Crippen LogP) is 3.16. The van der Waals surface area contributed by atoms with Crippen LogP contribution in [0.4, 0.5) is 13.2 Å². The van der Waals surface area contributed by atoms with Gasteiger partial charge in [-0.1, -0.05) is 27.7 Å². The number of hydrogen-bond donors (Lipinski definition) is 1. The molecule has 2 atom stereocenters. The summed E-state index contributed by atoms with van der Waals surface area (Å²) in [5.41, 5.74) is 0. The SMILES string of the molecule is CC(C)CC1NC(C(C)C)C(=O)N1CCCC(F)(F)F. The fourth-order valence-electron chi connectivity index (χ4n) is 2.54. The Balaban J connectivity index is 2.64. The topological polar surface area (TPSA) is 32.3 Å². The van der Waals surface area contributed by atoms with Gasteiger partial charge in [-0.2, -0.15) is 13.2 Å². The Hall–Kier alpha value is -0.780. The first kappa shape index (κ1) is 17.3. The second-order valence-electron chi connectivity index (χ2n) is 6.28. The van der Waals surface area contributed by atoms with E-state index in [1.807, 2.05) is 27.7 Å². The van der Waals surface area contributed by atoms with Crippen molar-refractivity contribution in [3.8, 4) is 0 Å². The van der Waals surface area contributed by atoms with Gasteiger partial charge in [0.25, 0.3) is 0 Å². The van der Waals surface area contributed by atoms with E-state index in [4.69, 9.17) is 0 Å². The third-order valence-corrected chi connectivity index (χ3v) is 3.52. The zero-order chi connectivity index (χ0) is 15.5. The summed E-state index contributed by atoms with van der Waals surface area (Å²) in [7, 11) is 0. The van der Waals surface area contributed by atoms with Crippen molar-refractivity contribution >= 4 is 5.91 Å². The molecule has 0 saturated carbocycles. The minimum atomic E-state index is -4.15. The lowest BCUT2D eigenvalue weighted by molar-refractivity contribution is -0.140. The normalized spacial score (nSPS) is 24.2. The molecule has 1 amide bonds. The van der Waals surface area contributed by atoms with Crippen molar-refractivity contribution in [2.45, 2.75) is 65.3 Å². The van der Waals surface area contributed by atoms with Gasteiger partial charge >= 0.3 is 6.18 Å². The lowest BCUT2D eigenvalue weighted by Gasteiger charge is -2.25. The largest absolute Gasteiger partial charge is 0.389 e. The van der Waals surface area contributed by atoms with Crippen molar-refractivity contribution in [2.75, 3.05) is 6.54 Å². The van der Waals surface area contributed by atoms with Crippen LogP contribution in [0, 0.1) is 11.8 Å². The molecule has 1 aliphatic heterocycles. The van der Waals surface area contributed by atoms with E-state index in [1.165, 1.54) is 0 Å². The van der Waals surface area contributed by atoms with E-state index in [-0.39, 0.29) is 37.0 Å². The average molecular weight is 294 g/mol. The van der Waals surface area contributed by atoms with E-state index in [1.54, 1.807) is 4.90 Å². The number of hydrogen-bond acceptors (Lipinski definition) is 2. The molecule has 0 spiro atoms. The number of nitrogens with zero attached hydrogens (tertiary/aromatic N) is 1. The quantitative estimate of drug-likeness (QED) is 0.816. The van der Waals surface area contributed by atoms with Gasteiger partial charge in [0, 0.05) is 13.0 Å². The van der Waals surface area contributed by atoms with Crippen LogP contribution in [0.1, 0.15) is 47.0 Å². The summed E-state index contributed by atoms with van der Waals surface area (Å²) in [6, 6.07) is -0.273. The van der Waals surface area contributed by atoms with Crippen LogP contribution in [-0.4, -0.2) is 35.7 Å². The summed E-state index contributed by atoms with van der Waals surface area (Å²) in [5.74, 6) is 0.467. The van der Waals surface area contributed by atoms with E-state index in [9.17, 15) is 18.0 Å². The van der Waals surface area contributed by atoms with Gasteiger partial charge in [-0.3, -0.25) is 10.1 Å². The molecule has 1 rings (SSSR count). The molecular formula is C14H25F3N2O. The van der Waals surface area contributed by atoms with Gasteiger partial charge in [0.2, 0.25) is 5.91 Å². The molecular weight excluding hydrogens is 269 g/mol. The molecule has 3 nitrogen and oxygen atoms in total. The second kappa shape index (κ2) is 6.78. The van der Waals surface area contributed by atoms with Gasteiger partial charge in [-0.15, -0.1) is 0 Å². The van der Waals surface area contributed by atoms with Crippen LogP contribution in [0.3, 0.4) is 0 Å². The van der Waals surface area contributed by atoms with E-state index in [2.05, 4.69) is 5.32 Å². The smallest absolute Gasteiger partial charge is 0.326 e. The average Bonchev–Trinajstić information content (AvgIpc) is 2.55. The predicted molar refractivity (Wildman–Crippen MR) is 72.0 cm³/mol. The van der Waals surface area contributed by atoms with Crippen molar-refractivity contribution in [3.05, 3.63) is 0 Å². The van der Waals surface area contributed by atoms with Crippen LogP contribution in [0.2, 0.25) is 0 Å². The van der Waals surface area contributed by atoms with Crippen LogP contribution >= 0.6 is 0 Å². The minimum absolute atomic E-state index is 0.0314. The number of carbonyl (C=O) groups excluding carboxylic acids is 1. The maximum Gasteiger partial charge on any atom is 0.389 e. The van der Waals surface area contributed by atoms with Gasteiger partial charge in [0.1, 0.15) is 0 Å². The Morgan fingerprint density at radius 1 is 1.25 bits per heavy atom. The molecule has 1 heterocycles. The molecule has 0 aliphatic carbocycles. The summed E-state index contributed by atoms with van der Waals surface area (Å²) in [6.45, 7) is 8.15. The van der Waals surface area contributed by atoms with Gasteiger partial charge in [0.15, 0.2) is 0 Å². The third-order valence-electron chi connectivity index (χ3n) is 3.52. The van der Waals surface area contributed by atoms with Crippen molar-refractivity contribution in [1.29, 1.82) is 0 Å². The van der Waals surface area contributed by atoms with Crippen LogP contribution < -0.4 is 5.32 Å². The van der Waals surface area contributed by atoms with Gasteiger partial charge in [-0.05, 0) is 24.7 Å². The Bertz CT molecular complexity index is 329. The van der Waals surface area contributed by atoms with Crippen molar-refractivity contribution < 1.29 is 18.0 Å². The van der Waals surface area contributed by atoms with Crippen molar-refractivity contribution in [3.63, 3.8) is 0 Å². The van der Waals surface area contributed by atoms with E-state index in [0.29, 0.717) is 5.92 Å². The van der Waals surface area contributed by atoms with Crippen molar-refractivity contribution in [1.82, 2.24) is 10.2 Å². The first-order valence-corrected chi connectivity index (χ1v) is 7.25. The molecule has 1 aliphatic rings. The highest BCUT2D eigenvalue weighted by molar-refractivity contribution is 5.84. The molecule has 0 bridgehead atoms. The maximum atomic E-state index is 12.3. The summed E-state index contributed by atoms with van der Waals surface area (Å²) < 4.78 is 36.7. The minimum Gasteiger partial charge on any atom is -0.326 e. The molecule has 20 heavy (non-hydrogen) atoms. The van der Waals surface area contributed by atoms with E-state index < -0.39 is 12.6 Å². The summed E-state index contributed by atoms with van der Waals surface area (Å²) >= 11 is 0. The molecule has 2 unspecified atom stereocenters. The number of halogens is 3. The zero-order valence-electron chi connectivity index (χ0n) is 12.6. The van der Waals surface area contributed by atoms with Gasteiger partial charge in [0.05, 0.1) is 12.2 Å². The van der Waals surface area contributed by atoms with Crippen molar-refractivity contribution in [2.24, 2.45) is 11.8 Å². The number of alkyl halides is 3. The molecule has 0 radical (unpaired) electrons. The Morgan fingerprint density at radius 3 is 2.30 bits per heavy atom. The zero-order valence-corrected chi connectivity index (χ0v) is 12.6.